The van der Waals surface area contributed by atoms with E-state index in [4.69, 9.17) is 14.8 Å². The minimum atomic E-state index is -0.907. The molecule has 41 heavy (non-hydrogen) atoms. The monoisotopic (exact) mass is 578 g/mol. The van der Waals surface area contributed by atoms with Gasteiger partial charge in [0.05, 0.1) is 18.7 Å². The molecule has 2 aromatic carbocycles. The summed E-state index contributed by atoms with van der Waals surface area (Å²) in [4.78, 5) is 13.5. The molecule has 3 heterocycles. The quantitative estimate of drug-likeness (QED) is 0.220. The Morgan fingerprint density at radius 1 is 1.10 bits per heavy atom. The maximum Gasteiger partial charge on any atom is 0.182 e. The zero-order valence-electron chi connectivity index (χ0n) is 22.3. The van der Waals surface area contributed by atoms with E-state index in [2.05, 4.69) is 20.4 Å². The Kier molecular flexibility index (Phi) is 8.90. The highest BCUT2D eigenvalue weighted by Gasteiger charge is 2.20. The summed E-state index contributed by atoms with van der Waals surface area (Å²) in [7, 11) is -0.907. The number of aromatic nitrogens is 5. The number of halogens is 2. The Morgan fingerprint density at radius 2 is 1.85 bits per heavy atom. The molecule has 0 bridgehead atoms. The molecule has 5 aromatic rings. The number of aliphatic hydroxyl groups excluding tert-OH is 1. The van der Waals surface area contributed by atoms with Crippen molar-refractivity contribution in [3.05, 3.63) is 89.9 Å². The van der Waals surface area contributed by atoms with Crippen molar-refractivity contribution in [2.24, 2.45) is 0 Å². The Labute approximate surface area is 237 Å². The van der Waals surface area contributed by atoms with E-state index < -0.39 is 22.4 Å². The molecule has 0 amide bonds. The van der Waals surface area contributed by atoms with Gasteiger partial charge in [-0.05, 0) is 31.0 Å². The topological polar surface area (TPSA) is 115 Å². The largest absolute Gasteiger partial charge is 0.491 e. The Bertz CT molecular complexity index is 1660. The van der Waals surface area contributed by atoms with Crippen LogP contribution in [0.1, 0.15) is 17.5 Å². The fourth-order valence-electron chi connectivity index (χ4n) is 4.39. The van der Waals surface area contributed by atoms with Gasteiger partial charge in [0, 0.05) is 75.7 Å². The van der Waals surface area contributed by atoms with Crippen LogP contribution in [0.25, 0.3) is 22.4 Å². The average molecular weight is 579 g/mol. The number of nitrogens with zero attached hydrogens (tertiary/aromatic N) is 5. The number of hydrogen-bond acceptors (Lipinski definition) is 8. The predicted molar refractivity (Wildman–Crippen MR) is 154 cm³/mol. The molecule has 0 saturated carbocycles. The van der Waals surface area contributed by atoms with Gasteiger partial charge in [-0.2, -0.15) is 5.10 Å². The van der Waals surface area contributed by atoms with E-state index in [1.54, 1.807) is 24.8 Å². The van der Waals surface area contributed by atoms with Crippen molar-refractivity contribution in [2.75, 3.05) is 30.5 Å². The third-order valence-corrected chi connectivity index (χ3v) is 7.20. The number of hydrogen-bond donors (Lipinski definition) is 2. The second-order valence-electron chi connectivity index (χ2n) is 9.27. The first-order chi connectivity index (χ1) is 19.9. The highest BCUT2D eigenvalue weighted by molar-refractivity contribution is 7.84. The van der Waals surface area contributed by atoms with E-state index in [0.29, 0.717) is 41.4 Å². The molecule has 212 valence electrons. The fourth-order valence-corrected chi connectivity index (χ4v) is 4.94. The molecule has 2 N–H and O–H groups in total. The van der Waals surface area contributed by atoms with Gasteiger partial charge < -0.3 is 15.2 Å². The SMILES string of the molecule is CS(=O)CCCc1cnc(-c2nn(Cc3c(F)cc(OCCO)cc3F)c3ccccc23)nc1Nc1ccncc1. The molecule has 12 heteroatoms. The Hall–Kier alpha value is -4.29. The molecule has 0 aliphatic rings. The number of aryl methyl sites for hydroxylation is 1. The van der Waals surface area contributed by atoms with E-state index in [-0.39, 0.29) is 31.1 Å². The van der Waals surface area contributed by atoms with Crippen molar-refractivity contribution in [1.82, 2.24) is 24.7 Å². The lowest BCUT2D eigenvalue weighted by molar-refractivity contribution is 0.200. The number of ether oxygens (including phenoxy) is 1. The molecule has 0 aliphatic carbocycles. The molecular formula is C29H28F2N6O3S. The van der Waals surface area contributed by atoms with Gasteiger partial charge in [0.2, 0.25) is 0 Å². The molecule has 0 saturated heterocycles. The van der Waals surface area contributed by atoms with Gasteiger partial charge in [0.15, 0.2) is 5.82 Å². The van der Waals surface area contributed by atoms with Crippen molar-refractivity contribution >= 4 is 33.2 Å². The van der Waals surface area contributed by atoms with Crippen LogP contribution < -0.4 is 10.1 Å². The van der Waals surface area contributed by atoms with Crippen LogP contribution in [0.2, 0.25) is 0 Å². The average Bonchev–Trinajstić information content (AvgIpc) is 3.33. The smallest absolute Gasteiger partial charge is 0.182 e. The minimum Gasteiger partial charge on any atom is -0.491 e. The van der Waals surface area contributed by atoms with Gasteiger partial charge in [0.25, 0.3) is 0 Å². The predicted octanol–water partition coefficient (Wildman–Crippen LogP) is 4.64. The number of aliphatic hydroxyl groups is 1. The van der Waals surface area contributed by atoms with Gasteiger partial charge >= 0.3 is 0 Å². The standard InChI is InChI=1S/C29H28F2N6O3S/c1-41(39)14-4-5-19-17-33-29(35-28(19)34-20-8-10-32-11-9-20)27-22-6-2-3-7-26(22)37(36-27)18-23-24(30)15-21(16-25(23)31)40-13-12-38/h2-3,6-11,15-17,38H,4-5,12-14,18H2,1H3,(H,32,33,34,35). The summed E-state index contributed by atoms with van der Waals surface area (Å²) in [5.74, 6) is -0.0808. The van der Waals surface area contributed by atoms with Gasteiger partial charge in [0.1, 0.15) is 35.5 Å². The van der Waals surface area contributed by atoms with Gasteiger partial charge in [-0.25, -0.2) is 18.7 Å². The van der Waals surface area contributed by atoms with Crippen LogP contribution in [0, 0.1) is 11.6 Å². The maximum absolute atomic E-state index is 14.9. The summed E-state index contributed by atoms with van der Waals surface area (Å²) in [5, 5.41) is 17.7. The third-order valence-electron chi connectivity index (χ3n) is 6.34. The molecule has 3 aromatic heterocycles. The van der Waals surface area contributed by atoms with E-state index in [1.807, 2.05) is 36.4 Å². The second-order valence-corrected chi connectivity index (χ2v) is 10.8. The summed E-state index contributed by atoms with van der Waals surface area (Å²) in [6.07, 6.45) is 8.07. The number of benzene rings is 2. The first-order valence-corrected chi connectivity index (χ1v) is 14.7. The van der Waals surface area contributed by atoms with Crippen LogP contribution in [-0.4, -0.2) is 59.3 Å². The third kappa shape index (κ3) is 6.72. The zero-order valence-corrected chi connectivity index (χ0v) is 23.1. The summed E-state index contributed by atoms with van der Waals surface area (Å²) in [6.45, 7) is -0.511. The molecule has 0 radical (unpaired) electrons. The number of pyridine rings is 1. The maximum atomic E-state index is 14.9. The Balaban J connectivity index is 1.52. The molecular weight excluding hydrogens is 550 g/mol. The summed E-state index contributed by atoms with van der Waals surface area (Å²) >= 11 is 0. The van der Waals surface area contributed by atoms with E-state index >= 15 is 0 Å². The van der Waals surface area contributed by atoms with Crippen LogP contribution in [0.4, 0.5) is 20.3 Å². The molecule has 5 rings (SSSR count). The lowest BCUT2D eigenvalue weighted by atomic mass is 10.1. The van der Waals surface area contributed by atoms with Gasteiger partial charge in [-0.3, -0.25) is 13.9 Å². The Morgan fingerprint density at radius 3 is 2.59 bits per heavy atom. The van der Waals surface area contributed by atoms with Crippen LogP contribution in [0.3, 0.4) is 0 Å². The first kappa shape index (κ1) is 28.2. The molecule has 0 spiro atoms. The van der Waals surface area contributed by atoms with Crippen molar-refractivity contribution in [3.8, 4) is 17.3 Å². The number of para-hydroxylation sites is 1. The lowest BCUT2D eigenvalue weighted by Gasteiger charge is -2.12. The van der Waals surface area contributed by atoms with Crippen molar-refractivity contribution < 1.29 is 22.8 Å². The lowest BCUT2D eigenvalue weighted by Crippen LogP contribution is -2.08. The van der Waals surface area contributed by atoms with Gasteiger partial charge in [-0.15, -0.1) is 0 Å². The van der Waals surface area contributed by atoms with Crippen LogP contribution in [0.15, 0.2) is 67.1 Å². The zero-order chi connectivity index (χ0) is 28.8. The molecule has 0 aliphatic heterocycles. The summed E-state index contributed by atoms with van der Waals surface area (Å²) < 4.78 is 48.1. The molecule has 1 unspecified atom stereocenters. The number of rotatable bonds is 12. The van der Waals surface area contributed by atoms with E-state index in [0.717, 1.165) is 28.8 Å². The number of nitrogens with one attached hydrogen (secondary N) is 1. The van der Waals surface area contributed by atoms with Crippen LogP contribution in [0.5, 0.6) is 5.75 Å². The molecule has 9 nitrogen and oxygen atoms in total. The summed E-state index contributed by atoms with van der Waals surface area (Å²) in [5.41, 5.74) is 2.59. The van der Waals surface area contributed by atoms with Crippen molar-refractivity contribution in [3.63, 3.8) is 0 Å². The van der Waals surface area contributed by atoms with Gasteiger partial charge in [-0.1, -0.05) is 18.2 Å². The first-order valence-electron chi connectivity index (χ1n) is 12.9. The van der Waals surface area contributed by atoms with Crippen LogP contribution >= 0.6 is 0 Å². The normalized spacial score (nSPS) is 12.0. The second kappa shape index (κ2) is 12.9. The molecule has 1 atom stereocenters. The molecule has 0 fully saturated rings. The van der Waals surface area contributed by atoms with Crippen molar-refractivity contribution in [1.29, 1.82) is 0 Å². The van der Waals surface area contributed by atoms with E-state index in [9.17, 15) is 13.0 Å². The van der Waals surface area contributed by atoms with Crippen molar-refractivity contribution in [2.45, 2.75) is 19.4 Å². The summed E-state index contributed by atoms with van der Waals surface area (Å²) in [6, 6.07) is 13.2. The highest BCUT2D eigenvalue weighted by atomic mass is 32.2. The number of anilines is 2. The number of fused-ring (bicyclic) bond motifs is 1. The fraction of sp³-hybridized carbons (Fsp3) is 0.241. The highest BCUT2D eigenvalue weighted by Crippen LogP contribution is 2.30. The van der Waals surface area contributed by atoms with Crippen LogP contribution in [-0.2, 0) is 23.8 Å². The minimum absolute atomic E-state index is 0.00305. The van der Waals surface area contributed by atoms with E-state index in [1.165, 1.54) is 4.68 Å².